The minimum atomic E-state index is -3.69. The Morgan fingerprint density at radius 1 is 0.926 bits per heavy atom. The van der Waals surface area contributed by atoms with Crippen LogP contribution in [0.5, 0.6) is 11.5 Å². The molecule has 0 atom stereocenters. The van der Waals surface area contributed by atoms with E-state index in [1.807, 2.05) is 6.92 Å². The van der Waals surface area contributed by atoms with Crippen molar-refractivity contribution in [2.75, 3.05) is 4.72 Å². The van der Waals surface area contributed by atoms with Crippen LogP contribution in [0.25, 0.3) is 0 Å². The van der Waals surface area contributed by atoms with Gasteiger partial charge in [-0.1, -0.05) is 29.8 Å². The van der Waals surface area contributed by atoms with Crippen molar-refractivity contribution in [2.45, 2.75) is 11.8 Å². The zero-order valence-corrected chi connectivity index (χ0v) is 15.2. The molecule has 0 bridgehead atoms. The average molecular weight is 383 g/mol. The number of nitrogens with one attached hydrogen (secondary N) is 1. The van der Waals surface area contributed by atoms with Gasteiger partial charge in [0.05, 0.1) is 4.90 Å². The van der Waals surface area contributed by atoms with Crippen molar-refractivity contribution in [3.63, 3.8) is 0 Å². The van der Waals surface area contributed by atoms with Gasteiger partial charge in [0.2, 0.25) is 0 Å². The summed E-state index contributed by atoms with van der Waals surface area (Å²) in [5.41, 5.74) is 1.38. The number of hydrogen-bond donors (Lipinski definition) is 2. The molecular weight excluding hydrogens is 366 g/mol. The zero-order chi connectivity index (χ0) is 19.4. The summed E-state index contributed by atoms with van der Waals surface area (Å²) in [6.45, 7) is 1.88. The van der Waals surface area contributed by atoms with Crippen molar-refractivity contribution in [1.29, 1.82) is 0 Å². The number of carbonyl (C=O) groups is 1. The number of benzene rings is 3. The lowest BCUT2D eigenvalue weighted by molar-refractivity contribution is 0.0694. The molecule has 0 heterocycles. The summed E-state index contributed by atoms with van der Waals surface area (Å²) in [6, 6.07) is 19.0. The highest BCUT2D eigenvalue weighted by atomic mass is 32.2. The van der Waals surface area contributed by atoms with E-state index in [2.05, 4.69) is 4.72 Å². The predicted octanol–water partition coefficient (Wildman–Crippen LogP) is 4.29. The Bertz CT molecular complexity index is 1060. The highest BCUT2D eigenvalue weighted by molar-refractivity contribution is 7.92. The molecule has 138 valence electrons. The lowest BCUT2D eigenvalue weighted by Gasteiger charge is -2.11. The van der Waals surface area contributed by atoms with Crippen LogP contribution < -0.4 is 9.46 Å². The first-order chi connectivity index (χ1) is 12.8. The van der Waals surface area contributed by atoms with Gasteiger partial charge >= 0.3 is 5.97 Å². The lowest BCUT2D eigenvalue weighted by atomic mass is 10.2. The first kappa shape index (κ1) is 18.5. The normalized spacial score (nSPS) is 11.0. The number of para-hydroxylation sites is 1. The fourth-order valence-electron chi connectivity index (χ4n) is 2.38. The molecule has 0 aliphatic rings. The maximum Gasteiger partial charge on any atom is 0.339 e. The van der Waals surface area contributed by atoms with Crippen molar-refractivity contribution < 1.29 is 23.1 Å². The van der Waals surface area contributed by atoms with Crippen LogP contribution in [0.3, 0.4) is 0 Å². The molecule has 3 aromatic rings. The van der Waals surface area contributed by atoms with Gasteiger partial charge in [0.15, 0.2) is 0 Å². The maximum atomic E-state index is 12.4. The number of aromatic carboxylic acids is 1. The second-order valence-electron chi connectivity index (χ2n) is 5.85. The molecule has 0 saturated carbocycles. The van der Waals surface area contributed by atoms with Crippen LogP contribution in [0.1, 0.15) is 15.9 Å². The smallest absolute Gasteiger partial charge is 0.339 e. The molecule has 0 spiro atoms. The van der Waals surface area contributed by atoms with Crippen LogP contribution in [0.2, 0.25) is 0 Å². The van der Waals surface area contributed by atoms with Crippen molar-refractivity contribution in [3.8, 4) is 11.5 Å². The molecule has 0 saturated heterocycles. The van der Waals surface area contributed by atoms with E-state index in [-0.39, 0.29) is 16.2 Å². The standard InChI is InChI=1S/C20H17NO5S/c1-14-6-12-17(13-7-14)27(24,25)21-15-8-10-16(11-9-15)26-19-5-3-2-4-18(19)20(22)23/h2-13,21H,1H3,(H,22,23). The van der Waals surface area contributed by atoms with Crippen LogP contribution in [-0.4, -0.2) is 19.5 Å². The summed E-state index contributed by atoms with van der Waals surface area (Å²) in [7, 11) is -3.69. The fraction of sp³-hybridized carbons (Fsp3) is 0.0500. The van der Waals surface area contributed by atoms with E-state index in [1.165, 1.54) is 18.2 Å². The average Bonchev–Trinajstić information content (AvgIpc) is 2.64. The second kappa shape index (κ2) is 7.51. The topological polar surface area (TPSA) is 92.7 Å². The fourth-order valence-corrected chi connectivity index (χ4v) is 3.44. The van der Waals surface area contributed by atoms with E-state index in [1.54, 1.807) is 54.6 Å². The van der Waals surface area contributed by atoms with Gasteiger partial charge in [-0.25, -0.2) is 13.2 Å². The van der Waals surface area contributed by atoms with Crippen LogP contribution in [0.15, 0.2) is 77.7 Å². The zero-order valence-electron chi connectivity index (χ0n) is 14.4. The van der Waals surface area contributed by atoms with Gasteiger partial charge in [-0.3, -0.25) is 4.72 Å². The number of aryl methyl sites for hydroxylation is 1. The minimum absolute atomic E-state index is 0.0432. The van der Waals surface area contributed by atoms with E-state index in [0.717, 1.165) is 5.56 Å². The van der Waals surface area contributed by atoms with Gasteiger partial charge in [-0.15, -0.1) is 0 Å². The lowest BCUT2D eigenvalue weighted by Crippen LogP contribution is -2.12. The van der Waals surface area contributed by atoms with Crippen molar-refractivity contribution >= 4 is 21.7 Å². The summed E-state index contributed by atoms with van der Waals surface area (Å²) in [5.74, 6) is -0.493. The third-order valence-electron chi connectivity index (χ3n) is 3.78. The first-order valence-corrected chi connectivity index (χ1v) is 9.53. The van der Waals surface area contributed by atoms with E-state index in [4.69, 9.17) is 4.74 Å². The van der Waals surface area contributed by atoms with Crippen LogP contribution in [0, 0.1) is 6.92 Å². The van der Waals surface area contributed by atoms with Gasteiger partial charge in [0.25, 0.3) is 10.0 Å². The third-order valence-corrected chi connectivity index (χ3v) is 5.18. The van der Waals surface area contributed by atoms with Crippen molar-refractivity contribution in [2.24, 2.45) is 0 Å². The van der Waals surface area contributed by atoms with Crippen molar-refractivity contribution in [1.82, 2.24) is 0 Å². The number of ether oxygens (including phenoxy) is 1. The number of sulfonamides is 1. The first-order valence-electron chi connectivity index (χ1n) is 8.05. The van der Waals surface area contributed by atoms with E-state index in [9.17, 15) is 18.3 Å². The molecule has 27 heavy (non-hydrogen) atoms. The minimum Gasteiger partial charge on any atom is -0.478 e. The molecule has 0 unspecified atom stereocenters. The maximum absolute atomic E-state index is 12.4. The monoisotopic (exact) mass is 383 g/mol. The van der Waals surface area contributed by atoms with E-state index >= 15 is 0 Å². The Morgan fingerprint density at radius 2 is 1.56 bits per heavy atom. The van der Waals surface area contributed by atoms with Crippen LogP contribution >= 0.6 is 0 Å². The van der Waals surface area contributed by atoms with Crippen molar-refractivity contribution in [3.05, 3.63) is 83.9 Å². The Hall–Kier alpha value is -3.32. The van der Waals surface area contributed by atoms with Gasteiger partial charge in [-0.2, -0.15) is 0 Å². The van der Waals surface area contributed by atoms with E-state index < -0.39 is 16.0 Å². The molecule has 0 fully saturated rings. The Morgan fingerprint density at radius 3 is 2.19 bits per heavy atom. The summed E-state index contributed by atoms with van der Waals surface area (Å²) < 4.78 is 32.9. The second-order valence-corrected chi connectivity index (χ2v) is 7.53. The highest BCUT2D eigenvalue weighted by Crippen LogP contribution is 2.27. The summed E-state index contributed by atoms with van der Waals surface area (Å²) in [4.78, 5) is 11.4. The molecule has 0 aromatic heterocycles. The SMILES string of the molecule is Cc1ccc(S(=O)(=O)Nc2ccc(Oc3ccccc3C(=O)O)cc2)cc1. The largest absolute Gasteiger partial charge is 0.478 e. The molecule has 0 radical (unpaired) electrons. The number of anilines is 1. The molecule has 2 N–H and O–H groups in total. The quantitative estimate of drug-likeness (QED) is 0.662. The molecule has 3 aromatic carbocycles. The van der Waals surface area contributed by atoms with Crippen LogP contribution in [-0.2, 0) is 10.0 Å². The summed E-state index contributed by atoms with van der Waals surface area (Å²) in [5, 5.41) is 9.18. The number of carboxylic acid groups (broad SMARTS) is 1. The van der Waals surface area contributed by atoms with E-state index in [0.29, 0.717) is 11.4 Å². The molecule has 0 aliphatic heterocycles. The molecular formula is C20H17NO5S. The number of carboxylic acids is 1. The Balaban J connectivity index is 1.76. The number of rotatable bonds is 6. The van der Waals surface area contributed by atoms with Gasteiger partial charge < -0.3 is 9.84 Å². The van der Waals surface area contributed by atoms with Gasteiger partial charge in [0, 0.05) is 5.69 Å². The molecule has 7 heteroatoms. The highest BCUT2D eigenvalue weighted by Gasteiger charge is 2.14. The Labute approximate surface area is 157 Å². The predicted molar refractivity (Wildman–Crippen MR) is 102 cm³/mol. The molecule has 6 nitrogen and oxygen atoms in total. The molecule has 0 aliphatic carbocycles. The third kappa shape index (κ3) is 4.45. The van der Waals surface area contributed by atoms with Crippen LogP contribution in [0.4, 0.5) is 5.69 Å². The van der Waals surface area contributed by atoms with Gasteiger partial charge in [0.1, 0.15) is 17.1 Å². The molecule has 0 amide bonds. The molecule has 3 rings (SSSR count). The Kier molecular flexibility index (Phi) is 5.14. The summed E-state index contributed by atoms with van der Waals surface area (Å²) in [6.07, 6.45) is 0. The number of hydrogen-bond acceptors (Lipinski definition) is 4. The van der Waals surface area contributed by atoms with Gasteiger partial charge in [-0.05, 0) is 55.5 Å². The summed E-state index contributed by atoms with van der Waals surface area (Å²) >= 11 is 0.